The summed E-state index contributed by atoms with van der Waals surface area (Å²) >= 11 is 0. The first-order valence-electron chi connectivity index (χ1n) is 6.87. The first-order valence-corrected chi connectivity index (χ1v) is 6.87. The molecule has 1 fully saturated rings. The Bertz CT molecular complexity index is 203. The first-order chi connectivity index (χ1) is 7.49. The van der Waals surface area contributed by atoms with Gasteiger partial charge < -0.3 is 10.4 Å². The highest BCUT2D eigenvalue weighted by atomic mass is 16.3. The van der Waals surface area contributed by atoms with Crippen LogP contribution in [-0.4, -0.2) is 23.3 Å². The van der Waals surface area contributed by atoms with Gasteiger partial charge in [0.1, 0.15) is 0 Å². The number of aliphatic hydroxyl groups excluding tert-OH is 1. The summed E-state index contributed by atoms with van der Waals surface area (Å²) in [7, 11) is 0. The van der Waals surface area contributed by atoms with E-state index in [9.17, 15) is 5.11 Å². The first kappa shape index (κ1) is 14.0. The second-order valence-electron chi connectivity index (χ2n) is 6.17. The third kappa shape index (κ3) is 3.74. The molecule has 0 amide bonds. The van der Waals surface area contributed by atoms with Crippen LogP contribution in [-0.2, 0) is 0 Å². The van der Waals surface area contributed by atoms with Crippen molar-refractivity contribution in [3.63, 3.8) is 0 Å². The molecule has 0 heterocycles. The lowest BCUT2D eigenvalue weighted by molar-refractivity contribution is 0.133. The molecule has 0 aromatic rings. The van der Waals surface area contributed by atoms with E-state index in [1.807, 2.05) is 0 Å². The van der Waals surface area contributed by atoms with E-state index >= 15 is 0 Å². The summed E-state index contributed by atoms with van der Waals surface area (Å²) in [6.07, 6.45) is 6.11. The average molecular weight is 227 g/mol. The van der Waals surface area contributed by atoms with Crippen LogP contribution in [0.4, 0.5) is 0 Å². The molecule has 0 saturated heterocycles. The van der Waals surface area contributed by atoms with Crippen molar-refractivity contribution >= 4 is 0 Å². The molecule has 1 aliphatic rings. The lowest BCUT2D eigenvalue weighted by Gasteiger charge is -2.34. The summed E-state index contributed by atoms with van der Waals surface area (Å²) in [5, 5.41) is 13.3. The summed E-state index contributed by atoms with van der Waals surface area (Å²) in [6.45, 7) is 9.28. The average Bonchev–Trinajstić information content (AvgIpc) is 2.40. The fraction of sp³-hybridized carbons (Fsp3) is 1.00. The molecule has 1 aliphatic carbocycles. The Morgan fingerprint density at radius 1 is 1.19 bits per heavy atom. The van der Waals surface area contributed by atoms with Crippen LogP contribution in [0.2, 0.25) is 0 Å². The highest BCUT2D eigenvalue weighted by Gasteiger charge is 2.33. The molecule has 2 unspecified atom stereocenters. The molecule has 96 valence electrons. The Morgan fingerprint density at radius 3 is 2.38 bits per heavy atom. The monoisotopic (exact) mass is 227 g/mol. The lowest BCUT2D eigenvalue weighted by Crippen LogP contribution is -2.51. The molecule has 0 aromatic carbocycles. The van der Waals surface area contributed by atoms with Crippen molar-refractivity contribution in [3.05, 3.63) is 0 Å². The van der Waals surface area contributed by atoms with E-state index in [1.54, 1.807) is 0 Å². The van der Waals surface area contributed by atoms with E-state index in [4.69, 9.17) is 0 Å². The van der Waals surface area contributed by atoms with E-state index in [1.165, 1.54) is 19.3 Å². The van der Waals surface area contributed by atoms with Gasteiger partial charge in [-0.05, 0) is 31.1 Å². The van der Waals surface area contributed by atoms with Crippen molar-refractivity contribution in [1.29, 1.82) is 0 Å². The molecule has 0 radical (unpaired) electrons. The van der Waals surface area contributed by atoms with Gasteiger partial charge in [0.15, 0.2) is 0 Å². The van der Waals surface area contributed by atoms with E-state index in [2.05, 4.69) is 33.0 Å². The highest BCUT2D eigenvalue weighted by Crippen LogP contribution is 2.34. The van der Waals surface area contributed by atoms with Gasteiger partial charge in [0, 0.05) is 11.6 Å². The summed E-state index contributed by atoms with van der Waals surface area (Å²) < 4.78 is 0. The summed E-state index contributed by atoms with van der Waals surface area (Å²) in [4.78, 5) is 0. The maximum atomic E-state index is 9.68. The van der Waals surface area contributed by atoms with Crippen LogP contribution in [0.25, 0.3) is 0 Å². The molecule has 0 aliphatic heterocycles. The minimum atomic E-state index is -0.00218. The lowest BCUT2D eigenvalue weighted by atomic mass is 9.86. The van der Waals surface area contributed by atoms with Crippen molar-refractivity contribution in [1.82, 2.24) is 5.32 Å². The van der Waals surface area contributed by atoms with E-state index in [0.29, 0.717) is 6.04 Å². The molecule has 2 heteroatoms. The van der Waals surface area contributed by atoms with Gasteiger partial charge in [-0.3, -0.25) is 0 Å². The third-order valence-electron chi connectivity index (χ3n) is 4.06. The molecule has 0 spiro atoms. The normalized spacial score (nSPS) is 32.1. The quantitative estimate of drug-likeness (QED) is 0.724. The van der Waals surface area contributed by atoms with Crippen LogP contribution >= 0.6 is 0 Å². The zero-order valence-corrected chi connectivity index (χ0v) is 11.4. The fourth-order valence-electron chi connectivity index (χ4n) is 3.06. The Hall–Kier alpha value is -0.0800. The van der Waals surface area contributed by atoms with Gasteiger partial charge in [0.2, 0.25) is 0 Å². The van der Waals surface area contributed by atoms with E-state index < -0.39 is 0 Å². The summed E-state index contributed by atoms with van der Waals surface area (Å²) in [5.74, 6) is 1.64. The number of rotatable bonds is 4. The predicted octanol–water partition coefficient (Wildman–Crippen LogP) is 2.95. The minimum absolute atomic E-state index is 0.00218. The number of hydrogen-bond donors (Lipinski definition) is 2. The SMILES string of the molecule is CC(C)NC1(CO)CCCC(C(C)C)CC1. The van der Waals surface area contributed by atoms with Gasteiger partial charge in [0.25, 0.3) is 0 Å². The molecular weight excluding hydrogens is 198 g/mol. The Labute approximate surface area is 101 Å². The van der Waals surface area contributed by atoms with Crippen LogP contribution in [0.3, 0.4) is 0 Å². The smallest absolute Gasteiger partial charge is 0.0613 e. The maximum absolute atomic E-state index is 9.68. The largest absolute Gasteiger partial charge is 0.394 e. The van der Waals surface area contributed by atoms with Crippen LogP contribution in [0.1, 0.15) is 59.8 Å². The molecule has 0 bridgehead atoms. The zero-order chi connectivity index (χ0) is 12.2. The zero-order valence-electron chi connectivity index (χ0n) is 11.4. The number of aliphatic hydroxyl groups is 1. The Kier molecular flexibility index (Phi) is 5.26. The fourth-order valence-corrected chi connectivity index (χ4v) is 3.06. The molecule has 1 rings (SSSR count). The molecule has 16 heavy (non-hydrogen) atoms. The van der Waals surface area contributed by atoms with Crippen LogP contribution in [0.15, 0.2) is 0 Å². The van der Waals surface area contributed by atoms with Crippen LogP contribution < -0.4 is 5.32 Å². The topological polar surface area (TPSA) is 32.3 Å². The highest BCUT2D eigenvalue weighted by molar-refractivity contribution is 4.92. The van der Waals surface area contributed by atoms with Gasteiger partial charge in [-0.2, -0.15) is 0 Å². The van der Waals surface area contributed by atoms with E-state index in [-0.39, 0.29) is 12.1 Å². The number of hydrogen-bond acceptors (Lipinski definition) is 2. The summed E-state index contributed by atoms with van der Waals surface area (Å²) in [5.41, 5.74) is -0.00218. The number of nitrogens with one attached hydrogen (secondary N) is 1. The van der Waals surface area contributed by atoms with Crippen molar-refractivity contribution in [2.24, 2.45) is 11.8 Å². The van der Waals surface area contributed by atoms with Crippen molar-refractivity contribution in [2.75, 3.05) is 6.61 Å². The molecule has 2 N–H and O–H groups in total. The molecule has 1 saturated carbocycles. The van der Waals surface area contributed by atoms with Crippen molar-refractivity contribution in [2.45, 2.75) is 71.4 Å². The van der Waals surface area contributed by atoms with Gasteiger partial charge in [-0.25, -0.2) is 0 Å². The van der Waals surface area contributed by atoms with E-state index in [0.717, 1.165) is 24.7 Å². The maximum Gasteiger partial charge on any atom is 0.0613 e. The molecular formula is C14H29NO. The molecule has 0 aromatic heterocycles. The standard InChI is InChI=1S/C14H29NO/c1-11(2)13-6-5-8-14(10-16,9-7-13)15-12(3)4/h11-13,15-16H,5-10H2,1-4H3. The summed E-state index contributed by atoms with van der Waals surface area (Å²) in [6, 6.07) is 0.461. The predicted molar refractivity (Wildman–Crippen MR) is 69.5 cm³/mol. The second-order valence-corrected chi connectivity index (χ2v) is 6.17. The molecule has 2 atom stereocenters. The minimum Gasteiger partial charge on any atom is -0.394 e. The Balaban J connectivity index is 2.60. The van der Waals surface area contributed by atoms with Gasteiger partial charge in [-0.1, -0.05) is 40.5 Å². The molecule has 2 nitrogen and oxygen atoms in total. The van der Waals surface area contributed by atoms with Gasteiger partial charge in [-0.15, -0.1) is 0 Å². The van der Waals surface area contributed by atoms with Gasteiger partial charge in [0.05, 0.1) is 6.61 Å². The van der Waals surface area contributed by atoms with Crippen LogP contribution in [0.5, 0.6) is 0 Å². The van der Waals surface area contributed by atoms with Crippen molar-refractivity contribution < 1.29 is 5.11 Å². The second kappa shape index (κ2) is 6.02. The third-order valence-corrected chi connectivity index (χ3v) is 4.06. The van der Waals surface area contributed by atoms with Gasteiger partial charge >= 0.3 is 0 Å². The Morgan fingerprint density at radius 2 is 1.88 bits per heavy atom. The van der Waals surface area contributed by atoms with Crippen LogP contribution in [0, 0.1) is 11.8 Å². The van der Waals surface area contributed by atoms with Crippen molar-refractivity contribution in [3.8, 4) is 0 Å².